The summed E-state index contributed by atoms with van der Waals surface area (Å²) in [5.74, 6) is -0.508. The zero-order valence-electron chi connectivity index (χ0n) is 27.2. The van der Waals surface area contributed by atoms with E-state index in [1.54, 1.807) is 11.8 Å². The predicted octanol–water partition coefficient (Wildman–Crippen LogP) is 5.70. The van der Waals surface area contributed by atoms with E-state index in [2.05, 4.69) is 11.9 Å². The molecule has 0 radical (unpaired) electrons. The van der Waals surface area contributed by atoms with E-state index in [4.69, 9.17) is 26.5 Å². The van der Waals surface area contributed by atoms with Crippen LogP contribution in [0.3, 0.4) is 0 Å². The number of ether oxygens (including phenoxy) is 2. The van der Waals surface area contributed by atoms with Gasteiger partial charge in [-0.25, -0.2) is 9.10 Å². The number of esters is 2. The molecule has 0 saturated carbocycles. The molecular weight excluding hydrogens is 614 g/mol. The Bertz CT molecular complexity index is 1350. The molecule has 1 atom stereocenters. The summed E-state index contributed by atoms with van der Waals surface area (Å²) in [6.45, 7) is 12.0. The summed E-state index contributed by atoms with van der Waals surface area (Å²) in [5.41, 5.74) is 3.66. The number of carbonyl (C=O) groups excluding carboxylic acids is 3. The van der Waals surface area contributed by atoms with Gasteiger partial charge in [0.25, 0.3) is 0 Å². The SMILES string of the molecule is CC.CCOC(=O)C1CCN(C(=N)c2ccc(CN3C(=O)CN(Sc4cc(/C=C(\C)Cl)c(CC)[nH]4)CC3C(=O)OC)cc2)CC1. The fourth-order valence-corrected chi connectivity index (χ4v) is 6.57. The fraction of sp³-hybridized carbons (Fsp3) is 0.515. The van der Waals surface area contributed by atoms with E-state index in [0.717, 1.165) is 33.8 Å². The molecule has 2 aliphatic heterocycles. The Balaban J connectivity index is 0.00000271. The quantitative estimate of drug-likeness (QED) is 0.144. The molecule has 45 heavy (non-hydrogen) atoms. The number of amidine groups is 1. The average molecular weight is 660 g/mol. The van der Waals surface area contributed by atoms with Crippen molar-refractivity contribution in [2.45, 2.75) is 71.5 Å². The lowest BCUT2D eigenvalue weighted by Crippen LogP contribution is -2.57. The topological polar surface area (TPSA) is 119 Å². The van der Waals surface area contributed by atoms with Crippen molar-refractivity contribution in [1.82, 2.24) is 19.1 Å². The zero-order chi connectivity index (χ0) is 33.1. The molecule has 10 nitrogen and oxygen atoms in total. The van der Waals surface area contributed by atoms with Gasteiger partial charge in [-0.1, -0.05) is 56.6 Å². The summed E-state index contributed by atoms with van der Waals surface area (Å²) in [7, 11) is 1.33. The summed E-state index contributed by atoms with van der Waals surface area (Å²) >= 11 is 7.50. The van der Waals surface area contributed by atoms with Crippen LogP contribution in [-0.4, -0.2) is 88.7 Å². The minimum absolute atomic E-state index is 0.114. The number of allylic oxidation sites excluding steroid dienone is 1. The smallest absolute Gasteiger partial charge is 0.329 e. The van der Waals surface area contributed by atoms with E-state index in [1.807, 2.05) is 66.4 Å². The van der Waals surface area contributed by atoms with Gasteiger partial charge in [-0.3, -0.25) is 15.0 Å². The number of nitrogens with zero attached hydrogens (tertiary/aromatic N) is 3. The number of likely N-dealkylation sites (tertiary alicyclic amines) is 1. The number of hydrogen-bond acceptors (Lipinski definition) is 8. The van der Waals surface area contributed by atoms with Crippen molar-refractivity contribution in [2.24, 2.45) is 5.92 Å². The van der Waals surface area contributed by atoms with Gasteiger partial charge in [0.15, 0.2) is 0 Å². The Labute approximate surface area is 276 Å². The fourth-order valence-electron chi connectivity index (χ4n) is 5.43. The first kappa shape index (κ1) is 36.2. The first-order chi connectivity index (χ1) is 21.6. The lowest BCUT2D eigenvalue weighted by atomic mass is 9.96. The highest BCUT2D eigenvalue weighted by atomic mass is 35.5. The van der Waals surface area contributed by atoms with Gasteiger partial charge in [0.1, 0.15) is 11.9 Å². The number of methoxy groups -OCH3 is 1. The summed E-state index contributed by atoms with van der Waals surface area (Å²) in [5, 5.41) is 10.2. The van der Waals surface area contributed by atoms with Crippen molar-refractivity contribution in [3.63, 3.8) is 0 Å². The number of piperidine rings is 1. The van der Waals surface area contributed by atoms with Gasteiger partial charge < -0.3 is 24.3 Å². The molecule has 3 heterocycles. The zero-order valence-corrected chi connectivity index (χ0v) is 28.7. The maximum Gasteiger partial charge on any atom is 0.329 e. The first-order valence-corrected chi connectivity index (χ1v) is 16.7. The number of benzene rings is 1. The molecule has 0 bridgehead atoms. The van der Waals surface area contributed by atoms with Crippen molar-refractivity contribution >= 4 is 53.3 Å². The Morgan fingerprint density at radius 2 is 1.80 bits per heavy atom. The van der Waals surface area contributed by atoms with Crippen LogP contribution in [0.5, 0.6) is 0 Å². The van der Waals surface area contributed by atoms with Crippen molar-refractivity contribution in [3.8, 4) is 0 Å². The molecule has 0 spiro atoms. The molecule has 4 rings (SSSR count). The standard InChI is InChI=1S/C31H40ClN5O5S.C2H6/c1-5-25-24(15-20(3)32)16-27(34-25)43-36-18-26(31(40)41-4)37(28(38)19-36)17-21-7-9-22(10-8-21)29(33)35-13-11-23(12-14-35)30(39)42-6-2;1-2/h7-10,15-16,23,26,33-34H,5-6,11-14,17-19H2,1-4H3;1-2H3/b20-15+,33-29?;. The second-order valence-electron chi connectivity index (χ2n) is 10.7. The maximum absolute atomic E-state index is 13.4. The maximum atomic E-state index is 13.4. The first-order valence-electron chi connectivity index (χ1n) is 15.6. The van der Waals surface area contributed by atoms with Gasteiger partial charge in [-0.15, -0.1) is 0 Å². The number of amides is 1. The second kappa shape index (κ2) is 17.4. The monoisotopic (exact) mass is 659 g/mol. The van der Waals surface area contributed by atoms with E-state index >= 15 is 0 Å². The van der Waals surface area contributed by atoms with Gasteiger partial charge in [-0.05, 0) is 68.3 Å². The third-order valence-corrected chi connectivity index (χ3v) is 8.78. The molecule has 2 aromatic rings. The molecule has 246 valence electrons. The third kappa shape index (κ3) is 9.61. The largest absolute Gasteiger partial charge is 0.467 e. The van der Waals surface area contributed by atoms with Gasteiger partial charge >= 0.3 is 11.9 Å². The molecule has 1 amide bonds. The lowest BCUT2D eigenvalue weighted by Gasteiger charge is -2.38. The molecule has 2 fully saturated rings. The number of rotatable bonds is 10. The van der Waals surface area contributed by atoms with Gasteiger partial charge in [-0.2, -0.15) is 0 Å². The molecule has 2 saturated heterocycles. The normalized spacial score (nSPS) is 17.9. The number of halogens is 1. The van der Waals surface area contributed by atoms with Crippen LogP contribution in [-0.2, 0) is 36.8 Å². The number of H-pyrrole nitrogens is 1. The molecule has 12 heteroatoms. The number of carbonyl (C=O) groups is 3. The highest BCUT2D eigenvalue weighted by molar-refractivity contribution is 7.97. The molecule has 2 aliphatic rings. The van der Waals surface area contributed by atoms with Crippen LogP contribution < -0.4 is 0 Å². The van der Waals surface area contributed by atoms with Gasteiger partial charge in [0.05, 0.1) is 31.2 Å². The van der Waals surface area contributed by atoms with Crippen LogP contribution in [0.2, 0.25) is 0 Å². The van der Waals surface area contributed by atoms with E-state index in [-0.39, 0.29) is 30.9 Å². The molecule has 1 unspecified atom stereocenters. The van der Waals surface area contributed by atoms with Gasteiger partial charge in [0.2, 0.25) is 5.91 Å². The Morgan fingerprint density at radius 3 is 2.38 bits per heavy atom. The molecule has 1 aromatic carbocycles. The van der Waals surface area contributed by atoms with E-state index in [1.165, 1.54) is 19.1 Å². The van der Waals surface area contributed by atoms with Crippen molar-refractivity contribution in [3.05, 3.63) is 57.7 Å². The molecule has 0 aliphatic carbocycles. The second-order valence-corrected chi connectivity index (χ2v) is 12.4. The molecule has 2 N–H and O–H groups in total. The summed E-state index contributed by atoms with van der Waals surface area (Å²) < 4.78 is 12.1. The van der Waals surface area contributed by atoms with Crippen molar-refractivity contribution in [1.29, 1.82) is 5.41 Å². The summed E-state index contributed by atoms with van der Waals surface area (Å²) in [6, 6.07) is 8.74. The summed E-state index contributed by atoms with van der Waals surface area (Å²) in [4.78, 5) is 45.2. The van der Waals surface area contributed by atoms with Crippen molar-refractivity contribution < 1.29 is 23.9 Å². The lowest BCUT2D eigenvalue weighted by molar-refractivity contribution is -0.156. The van der Waals surface area contributed by atoms with E-state index in [0.29, 0.717) is 50.0 Å². The number of aromatic amines is 1. The average Bonchev–Trinajstić information content (AvgIpc) is 3.42. The minimum atomic E-state index is -0.762. The van der Waals surface area contributed by atoms with E-state index < -0.39 is 12.0 Å². The van der Waals surface area contributed by atoms with Crippen molar-refractivity contribution in [2.75, 3.05) is 39.9 Å². The van der Waals surface area contributed by atoms with Crippen LogP contribution in [0, 0.1) is 11.3 Å². The van der Waals surface area contributed by atoms with Crippen LogP contribution in [0.1, 0.15) is 69.8 Å². The number of hydrogen-bond donors (Lipinski definition) is 2. The van der Waals surface area contributed by atoms with Crippen LogP contribution >= 0.6 is 23.5 Å². The van der Waals surface area contributed by atoms with E-state index in [9.17, 15) is 14.4 Å². The van der Waals surface area contributed by atoms with Crippen LogP contribution in [0.4, 0.5) is 0 Å². The number of aryl methyl sites for hydroxylation is 1. The Morgan fingerprint density at radius 1 is 1.13 bits per heavy atom. The number of nitrogens with one attached hydrogen (secondary N) is 2. The Hall–Kier alpha value is -3.28. The van der Waals surface area contributed by atoms with Gasteiger partial charge in [0, 0.05) is 42.5 Å². The third-order valence-electron chi connectivity index (χ3n) is 7.71. The summed E-state index contributed by atoms with van der Waals surface area (Å²) in [6.07, 6.45) is 4.04. The highest BCUT2D eigenvalue weighted by Gasteiger charge is 2.38. The Kier molecular flexibility index (Phi) is 14.0. The predicted molar refractivity (Wildman–Crippen MR) is 179 cm³/mol. The highest BCUT2D eigenvalue weighted by Crippen LogP contribution is 2.30. The number of piperazine rings is 1. The molecular formula is C33H46ClN5O5S. The molecule has 1 aromatic heterocycles. The van der Waals surface area contributed by atoms with Crippen LogP contribution in [0.25, 0.3) is 6.08 Å². The van der Waals surface area contributed by atoms with Crippen LogP contribution in [0.15, 0.2) is 40.4 Å². The minimum Gasteiger partial charge on any atom is -0.467 e. The number of aromatic nitrogens is 1.